The highest BCUT2D eigenvalue weighted by atomic mass is 16.6. The Balaban J connectivity index is 4.37. The van der Waals surface area contributed by atoms with E-state index in [1.807, 2.05) is 0 Å². The van der Waals surface area contributed by atoms with E-state index >= 15 is 0 Å². The van der Waals surface area contributed by atoms with Gasteiger partial charge in [-0.2, -0.15) is 0 Å². The van der Waals surface area contributed by atoms with E-state index in [2.05, 4.69) is 130 Å². The Bertz CT molecular complexity index is 1280. The Morgan fingerprint density at radius 2 is 0.650 bits per heavy atom. The lowest BCUT2D eigenvalue weighted by Gasteiger charge is -2.18. The Hall–Kier alpha value is -3.93. The molecule has 1 atom stereocenters. The lowest BCUT2D eigenvalue weighted by Crippen LogP contribution is -2.30. The molecule has 0 rings (SSSR count). The van der Waals surface area contributed by atoms with Crippen LogP contribution in [0.1, 0.15) is 194 Å². The fraction of sp³-hybridized carbons (Fsp3) is 0.611. The molecule has 0 bridgehead atoms. The van der Waals surface area contributed by atoms with Gasteiger partial charge >= 0.3 is 17.9 Å². The summed E-state index contributed by atoms with van der Waals surface area (Å²) < 4.78 is 16.6. The molecule has 0 spiro atoms. The van der Waals surface area contributed by atoms with Crippen molar-refractivity contribution in [3.63, 3.8) is 0 Å². The van der Waals surface area contributed by atoms with Crippen molar-refractivity contribution in [1.82, 2.24) is 0 Å². The van der Waals surface area contributed by atoms with Crippen LogP contribution in [-0.4, -0.2) is 37.2 Å². The number of unbranched alkanes of at least 4 members (excludes halogenated alkanes) is 12. The molecule has 0 fully saturated rings. The van der Waals surface area contributed by atoms with Gasteiger partial charge in [-0.15, -0.1) is 0 Å². The molecule has 0 aliphatic rings. The lowest BCUT2D eigenvalue weighted by atomic mass is 10.1. The van der Waals surface area contributed by atoms with E-state index in [9.17, 15) is 14.4 Å². The van der Waals surface area contributed by atoms with E-state index in [0.29, 0.717) is 25.7 Å². The predicted octanol–water partition coefficient (Wildman–Crippen LogP) is 15.6. The molecule has 6 heteroatoms. The van der Waals surface area contributed by atoms with Crippen LogP contribution in [0.4, 0.5) is 0 Å². The van der Waals surface area contributed by atoms with Crippen molar-refractivity contribution in [2.45, 2.75) is 200 Å². The second kappa shape index (κ2) is 47.7. The van der Waals surface area contributed by atoms with Crippen LogP contribution in [0.15, 0.2) is 109 Å². The standard InChI is InChI=1S/C54H86O6/c1-4-7-10-13-16-18-20-22-24-25-26-27-28-29-31-32-34-36-38-41-44-47-53(56)59-50-51(49-58-52(55)46-43-40-15-12-9-6-3)60-54(57)48-45-42-39-37-35-33-30-23-21-19-17-14-11-8-5-2/h7-8,10-11,16-19,22-24,26-27,29-31,34,36,51H,4-6,9,12-15,20-21,25,28,32-33,35,37-50H2,1-3H3/b10-7-,11-8-,18-16-,19-17-,24-22-,27-26-,30-23-,31-29-,36-34-. The normalized spacial score (nSPS) is 13.1. The molecule has 1 unspecified atom stereocenters. The molecule has 0 aliphatic carbocycles. The largest absolute Gasteiger partial charge is 0.462 e. The smallest absolute Gasteiger partial charge is 0.306 e. The van der Waals surface area contributed by atoms with Gasteiger partial charge < -0.3 is 14.2 Å². The van der Waals surface area contributed by atoms with Crippen LogP contribution in [0.25, 0.3) is 0 Å². The summed E-state index contributed by atoms with van der Waals surface area (Å²) in [5.74, 6) is -0.984. The van der Waals surface area contributed by atoms with E-state index in [1.54, 1.807) is 0 Å². The minimum Gasteiger partial charge on any atom is -0.462 e. The molecule has 0 aromatic carbocycles. The quantitative estimate of drug-likeness (QED) is 0.0264. The molecular formula is C54H86O6. The molecule has 338 valence electrons. The van der Waals surface area contributed by atoms with Crippen molar-refractivity contribution in [2.24, 2.45) is 0 Å². The van der Waals surface area contributed by atoms with Gasteiger partial charge in [0.25, 0.3) is 0 Å². The maximum Gasteiger partial charge on any atom is 0.306 e. The van der Waals surface area contributed by atoms with Crippen LogP contribution in [0.2, 0.25) is 0 Å². The van der Waals surface area contributed by atoms with E-state index in [-0.39, 0.29) is 31.1 Å². The fourth-order valence-electron chi connectivity index (χ4n) is 5.99. The third kappa shape index (κ3) is 45.2. The fourth-order valence-corrected chi connectivity index (χ4v) is 5.99. The van der Waals surface area contributed by atoms with Gasteiger partial charge in [0, 0.05) is 19.3 Å². The zero-order valence-electron chi connectivity index (χ0n) is 38.4. The SMILES string of the molecule is CC/C=C\C/C=C\C/C=C\C/C=C\C/C=C\C/C=C\CCCCC(=O)OCC(COC(=O)CCCCCCCC)OC(=O)CCCCCCC/C=C\C/C=C\C/C=C\CC. The van der Waals surface area contributed by atoms with E-state index in [4.69, 9.17) is 14.2 Å². The molecule has 0 saturated heterocycles. The number of hydrogen-bond donors (Lipinski definition) is 0. The molecule has 0 saturated carbocycles. The summed E-state index contributed by atoms with van der Waals surface area (Å²) >= 11 is 0. The van der Waals surface area contributed by atoms with Crippen LogP contribution in [-0.2, 0) is 28.6 Å². The number of hydrogen-bond acceptors (Lipinski definition) is 6. The molecule has 0 aromatic rings. The Morgan fingerprint density at radius 3 is 1.05 bits per heavy atom. The van der Waals surface area contributed by atoms with E-state index < -0.39 is 6.10 Å². The summed E-state index contributed by atoms with van der Waals surface area (Å²) in [5.41, 5.74) is 0. The molecule has 60 heavy (non-hydrogen) atoms. The number of rotatable bonds is 41. The van der Waals surface area contributed by atoms with Gasteiger partial charge in [-0.25, -0.2) is 0 Å². The monoisotopic (exact) mass is 831 g/mol. The Labute approximate surface area is 368 Å². The topological polar surface area (TPSA) is 78.9 Å². The maximum absolute atomic E-state index is 12.7. The maximum atomic E-state index is 12.7. The average Bonchev–Trinajstić information content (AvgIpc) is 3.24. The Kier molecular flexibility index (Phi) is 44.6. The van der Waals surface area contributed by atoms with Gasteiger partial charge in [0.1, 0.15) is 13.2 Å². The molecule has 6 nitrogen and oxygen atoms in total. The second-order valence-electron chi connectivity index (χ2n) is 15.3. The van der Waals surface area contributed by atoms with Crippen molar-refractivity contribution in [3.8, 4) is 0 Å². The zero-order chi connectivity index (χ0) is 43.7. The summed E-state index contributed by atoms with van der Waals surface area (Å²) in [6.07, 6.45) is 63.8. The molecule has 0 N–H and O–H groups in total. The lowest BCUT2D eigenvalue weighted by molar-refractivity contribution is -0.167. The van der Waals surface area contributed by atoms with Gasteiger partial charge in [0.05, 0.1) is 0 Å². The zero-order valence-corrected chi connectivity index (χ0v) is 38.4. The van der Waals surface area contributed by atoms with E-state index in [1.165, 1.54) is 19.3 Å². The van der Waals surface area contributed by atoms with Crippen LogP contribution in [0.5, 0.6) is 0 Å². The van der Waals surface area contributed by atoms with Gasteiger partial charge in [0.2, 0.25) is 0 Å². The highest BCUT2D eigenvalue weighted by Gasteiger charge is 2.19. The summed E-state index contributed by atoms with van der Waals surface area (Å²) in [6.45, 7) is 6.27. The van der Waals surface area contributed by atoms with Gasteiger partial charge in [-0.05, 0) is 103 Å². The van der Waals surface area contributed by atoms with Crippen molar-refractivity contribution in [2.75, 3.05) is 13.2 Å². The van der Waals surface area contributed by atoms with Crippen molar-refractivity contribution in [1.29, 1.82) is 0 Å². The van der Waals surface area contributed by atoms with Crippen LogP contribution in [0, 0.1) is 0 Å². The number of ether oxygens (including phenoxy) is 3. The number of allylic oxidation sites excluding steroid dienone is 18. The molecule has 0 aromatic heterocycles. The molecule has 0 radical (unpaired) electrons. The highest BCUT2D eigenvalue weighted by Crippen LogP contribution is 2.12. The number of esters is 3. The van der Waals surface area contributed by atoms with Gasteiger partial charge in [0.15, 0.2) is 6.10 Å². The van der Waals surface area contributed by atoms with E-state index in [0.717, 1.165) is 128 Å². The van der Waals surface area contributed by atoms with Crippen LogP contribution >= 0.6 is 0 Å². The van der Waals surface area contributed by atoms with Gasteiger partial charge in [-0.3, -0.25) is 14.4 Å². The average molecular weight is 831 g/mol. The molecular weight excluding hydrogens is 745 g/mol. The van der Waals surface area contributed by atoms with Crippen LogP contribution < -0.4 is 0 Å². The molecule has 0 amide bonds. The third-order valence-electron chi connectivity index (χ3n) is 9.52. The third-order valence-corrected chi connectivity index (χ3v) is 9.52. The summed E-state index contributed by atoms with van der Waals surface area (Å²) in [6, 6.07) is 0. The van der Waals surface area contributed by atoms with Crippen molar-refractivity contribution < 1.29 is 28.6 Å². The Morgan fingerprint density at radius 1 is 0.350 bits per heavy atom. The first-order valence-corrected chi connectivity index (χ1v) is 23.9. The van der Waals surface area contributed by atoms with Crippen LogP contribution in [0.3, 0.4) is 0 Å². The number of carbonyl (C=O) groups excluding carboxylic acids is 3. The second-order valence-corrected chi connectivity index (χ2v) is 15.3. The summed E-state index contributed by atoms with van der Waals surface area (Å²) in [7, 11) is 0. The minimum atomic E-state index is -0.803. The van der Waals surface area contributed by atoms with Crippen molar-refractivity contribution in [3.05, 3.63) is 109 Å². The first kappa shape index (κ1) is 56.1. The molecule has 0 heterocycles. The highest BCUT2D eigenvalue weighted by molar-refractivity contribution is 5.71. The summed E-state index contributed by atoms with van der Waals surface area (Å²) in [5, 5.41) is 0. The molecule has 0 aliphatic heterocycles. The first-order valence-electron chi connectivity index (χ1n) is 23.9. The van der Waals surface area contributed by atoms with Crippen molar-refractivity contribution >= 4 is 17.9 Å². The first-order chi connectivity index (χ1) is 29.5. The predicted molar refractivity (Wildman–Crippen MR) is 256 cm³/mol. The number of carbonyl (C=O) groups is 3. The van der Waals surface area contributed by atoms with Gasteiger partial charge in [-0.1, -0.05) is 182 Å². The minimum absolute atomic E-state index is 0.102. The summed E-state index contributed by atoms with van der Waals surface area (Å²) in [4.78, 5) is 37.6.